The van der Waals surface area contributed by atoms with Crippen molar-refractivity contribution >= 4 is 17.1 Å². The summed E-state index contributed by atoms with van der Waals surface area (Å²) in [4.78, 5) is 21.3. The first-order valence-electron chi connectivity index (χ1n) is 10.6. The standard InChI is InChI=1S/C25H27N3O3/c1-5-21-27-23-15(2)13-16(3)26-24(23)28(21)14-19-11-12-20(31-19)22(17(4)25(29)30)18-9-7-6-8-10-18/h6-13,17,22H,5,14H2,1-4H3,(H,29,30)/t17-,22+/m1/s1. The minimum Gasteiger partial charge on any atom is -0.481 e. The minimum absolute atomic E-state index is 0.361. The van der Waals surface area contributed by atoms with E-state index in [1.165, 1.54) is 0 Å². The van der Waals surface area contributed by atoms with Crippen LogP contribution in [0.25, 0.3) is 11.2 Å². The number of carbonyl (C=O) groups is 1. The zero-order valence-corrected chi connectivity index (χ0v) is 18.3. The van der Waals surface area contributed by atoms with Gasteiger partial charge in [-0.1, -0.05) is 44.2 Å². The summed E-state index contributed by atoms with van der Waals surface area (Å²) >= 11 is 0. The van der Waals surface area contributed by atoms with E-state index in [9.17, 15) is 9.90 Å². The third-order valence-electron chi connectivity index (χ3n) is 5.77. The zero-order valence-electron chi connectivity index (χ0n) is 18.3. The molecule has 6 nitrogen and oxygen atoms in total. The van der Waals surface area contributed by atoms with E-state index >= 15 is 0 Å². The van der Waals surface area contributed by atoms with Gasteiger partial charge < -0.3 is 14.1 Å². The largest absolute Gasteiger partial charge is 0.481 e. The van der Waals surface area contributed by atoms with Gasteiger partial charge in [0.15, 0.2) is 5.65 Å². The molecular formula is C25H27N3O3. The fourth-order valence-corrected chi connectivity index (χ4v) is 4.19. The second-order valence-electron chi connectivity index (χ2n) is 8.04. The first-order valence-corrected chi connectivity index (χ1v) is 10.6. The molecule has 0 saturated carbocycles. The number of furan rings is 1. The lowest BCUT2D eigenvalue weighted by Gasteiger charge is -2.19. The van der Waals surface area contributed by atoms with E-state index in [2.05, 4.69) is 18.4 Å². The molecule has 4 aromatic rings. The summed E-state index contributed by atoms with van der Waals surface area (Å²) in [6.07, 6.45) is 0.783. The van der Waals surface area contributed by atoms with Crippen molar-refractivity contribution in [1.29, 1.82) is 0 Å². The molecule has 3 aromatic heterocycles. The summed E-state index contributed by atoms with van der Waals surface area (Å²) in [6.45, 7) is 8.33. The van der Waals surface area contributed by atoms with Crippen molar-refractivity contribution < 1.29 is 14.3 Å². The molecule has 0 amide bonds. The van der Waals surface area contributed by atoms with Crippen molar-refractivity contribution in [1.82, 2.24) is 14.5 Å². The summed E-state index contributed by atoms with van der Waals surface area (Å²) in [7, 11) is 0. The smallest absolute Gasteiger partial charge is 0.307 e. The molecule has 0 unspecified atom stereocenters. The average molecular weight is 418 g/mol. The molecule has 0 saturated heterocycles. The summed E-state index contributed by atoms with van der Waals surface area (Å²) in [5.41, 5.74) is 4.75. The Hall–Kier alpha value is -3.41. The number of carboxylic acids is 1. The van der Waals surface area contributed by atoms with E-state index < -0.39 is 11.9 Å². The van der Waals surface area contributed by atoms with Gasteiger partial charge in [0.2, 0.25) is 0 Å². The number of nitrogens with zero attached hydrogens (tertiary/aromatic N) is 3. The predicted molar refractivity (Wildman–Crippen MR) is 119 cm³/mol. The van der Waals surface area contributed by atoms with Gasteiger partial charge in [0.25, 0.3) is 0 Å². The SMILES string of the molecule is CCc1nc2c(C)cc(C)nc2n1Cc1ccc([C@H](c2ccccc2)[C@@H](C)C(=O)O)o1. The number of carboxylic acid groups (broad SMARTS) is 1. The summed E-state index contributed by atoms with van der Waals surface area (Å²) in [6, 6.07) is 15.5. The van der Waals surface area contributed by atoms with E-state index in [4.69, 9.17) is 14.4 Å². The number of fused-ring (bicyclic) bond motifs is 1. The van der Waals surface area contributed by atoms with Crippen LogP contribution < -0.4 is 0 Å². The van der Waals surface area contributed by atoms with Crippen molar-refractivity contribution in [2.45, 2.75) is 46.6 Å². The lowest BCUT2D eigenvalue weighted by molar-refractivity contribution is -0.141. The number of hydrogen-bond acceptors (Lipinski definition) is 4. The average Bonchev–Trinajstić information content (AvgIpc) is 3.34. The molecule has 1 N–H and O–H groups in total. The van der Waals surface area contributed by atoms with E-state index in [0.717, 1.165) is 46.0 Å². The van der Waals surface area contributed by atoms with E-state index in [1.54, 1.807) is 6.92 Å². The van der Waals surface area contributed by atoms with Crippen LogP contribution >= 0.6 is 0 Å². The first kappa shape index (κ1) is 20.8. The van der Waals surface area contributed by atoms with Crippen molar-refractivity contribution in [3.8, 4) is 0 Å². The molecule has 1 aromatic carbocycles. The Balaban J connectivity index is 1.73. The fourth-order valence-electron chi connectivity index (χ4n) is 4.19. The van der Waals surface area contributed by atoms with Gasteiger partial charge in [-0.25, -0.2) is 9.97 Å². The Bertz CT molecular complexity index is 1220. The first-order chi connectivity index (χ1) is 14.9. The highest BCUT2D eigenvalue weighted by atomic mass is 16.4. The van der Waals surface area contributed by atoms with E-state index in [1.807, 2.05) is 55.5 Å². The molecule has 2 atom stereocenters. The van der Waals surface area contributed by atoms with Crippen LogP contribution in [0, 0.1) is 19.8 Å². The van der Waals surface area contributed by atoms with Crippen LogP contribution in [0.5, 0.6) is 0 Å². The van der Waals surface area contributed by atoms with Crippen molar-refractivity contribution in [3.63, 3.8) is 0 Å². The number of rotatable bonds is 7. The number of hydrogen-bond donors (Lipinski definition) is 1. The molecule has 0 aliphatic heterocycles. The van der Waals surface area contributed by atoms with Crippen molar-refractivity contribution in [3.05, 3.63) is 82.7 Å². The normalized spacial score (nSPS) is 13.4. The molecule has 0 fully saturated rings. The van der Waals surface area contributed by atoms with Gasteiger partial charge in [-0.3, -0.25) is 4.79 Å². The number of aryl methyl sites for hydroxylation is 3. The highest BCUT2D eigenvalue weighted by molar-refractivity contribution is 5.76. The van der Waals surface area contributed by atoms with Gasteiger partial charge in [-0.15, -0.1) is 0 Å². The quantitative estimate of drug-likeness (QED) is 0.452. The van der Waals surface area contributed by atoms with Crippen molar-refractivity contribution in [2.24, 2.45) is 5.92 Å². The zero-order chi connectivity index (χ0) is 22.1. The number of pyridine rings is 1. The van der Waals surface area contributed by atoms with E-state index in [0.29, 0.717) is 12.3 Å². The highest BCUT2D eigenvalue weighted by Crippen LogP contribution is 2.34. The molecule has 0 aliphatic rings. The molecule has 31 heavy (non-hydrogen) atoms. The van der Waals surface area contributed by atoms with Crippen LogP contribution in [0.15, 0.2) is 52.9 Å². The molecule has 160 valence electrons. The maximum absolute atomic E-state index is 11.8. The van der Waals surface area contributed by atoms with Crippen LogP contribution in [-0.2, 0) is 17.8 Å². The Morgan fingerprint density at radius 3 is 2.55 bits per heavy atom. The second kappa shape index (κ2) is 8.38. The Labute approximate surface area is 181 Å². The number of aromatic nitrogens is 3. The number of imidazole rings is 1. The Kier molecular flexibility index (Phi) is 5.63. The maximum atomic E-state index is 11.8. The molecular weight excluding hydrogens is 390 g/mol. The molecule has 0 aliphatic carbocycles. The molecule has 0 radical (unpaired) electrons. The molecule has 0 bridgehead atoms. The van der Waals surface area contributed by atoms with Crippen LogP contribution in [0.3, 0.4) is 0 Å². The van der Waals surface area contributed by atoms with Gasteiger partial charge >= 0.3 is 5.97 Å². The second-order valence-corrected chi connectivity index (χ2v) is 8.04. The molecule has 6 heteroatoms. The Morgan fingerprint density at radius 2 is 1.87 bits per heavy atom. The molecule has 4 rings (SSSR count). The van der Waals surface area contributed by atoms with Crippen LogP contribution in [0.2, 0.25) is 0 Å². The Morgan fingerprint density at radius 1 is 1.13 bits per heavy atom. The lowest BCUT2D eigenvalue weighted by Crippen LogP contribution is -2.19. The lowest BCUT2D eigenvalue weighted by atomic mass is 9.85. The maximum Gasteiger partial charge on any atom is 0.307 e. The third kappa shape index (κ3) is 3.98. The van der Waals surface area contributed by atoms with Crippen LogP contribution in [0.1, 0.15) is 53.9 Å². The number of aliphatic carboxylic acids is 1. The highest BCUT2D eigenvalue weighted by Gasteiger charge is 2.29. The molecule has 0 spiro atoms. The third-order valence-corrected chi connectivity index (χ3v) is 5.77. The molecule has 3 heterocycles. The minimum atomic E-state index is -0.851. The van der Waals surface area contributed by atoms with Crippen LogP contribution in [-0.4, -0.2) is 25.6 Å². The fraction of sp³-hybridized carbons (Fsp3) is 0.320. The van der Waals surface area contributed by atoms with Gasteiger partial charge in [0.1, 0.15) is 22.9 Å². The summed E-state index contributed by atoms with van der Waals surface area (Å²) < 4.78 is 8.31. The van der Waals surface area contributed by atoms with Gasteiger partial charge in [-0.05, 0) is 43.2 Å². The van der Waals surface area contributed by atoms with Crippen molar-refractivity contribution in [2.75, 3.05) is 0 Å². The van der Waals surface area contributed by atoms with Gasteiger partial charge in [0, 0.05) is 12.1 Å². The topological polar surface area (TPSA) is 81.2 Å². The van der Waals surface area contributed by atoms with Gasteiger partial charge in [0.05, 0.1) is 18.4 Å². The monoisotopic (exact) mass is 417 g/mol. The van der Waals surface area contributed by atoms with Crippen LogP contribution in [0.4, 0.5) is 0 Å². The predicted octanol–water partition coefficient (Wildman–Crippen LogP) is 5.10. The number of benzene rings is 1. The van der Waals surface area contributed by atoms with Gasteiger partial charge in [-0.2, -0.15) is 0 Å². The summed E-state index contributed by atoms with van der Waals surface area (Å²) in [5.74, 6) is 0.528. The summed E-state index contributed by atoms with van der Waals surface area (Å²) in [5, 5.41) is 9.67. The van der Waals surface area contributed by atoms with E-state index in [-0.39, 0.29) is 5.92 Å².